The fourth-order valence-corrected chi connectivity index (χ4v) is 3.19. The second kappa shape index (κ2) is 8.93. The fraction of sp³-hybridized carbons (Fsp3) is 0.176. The second-order valence-electron chi connectivity index (χ2n) is 5.32. The number of anilines is 1. The van der Waals surface area contributed by atoms with Crippen molar-refractivity contribution in [2.75, 3.05) is 11.9 Å². The molecule has 0 aromatic heterocycles. The monoisotopic (exact) mass is 440 g/mol. The van der Waals surface area contributed by atoms with Gasteiger partial charge in [-0.2, -0.15) is 4.72 Å². The van der Waals surface area contributed by atoms with Crippen LogP contribution in [0.3, 0.4) is 0 Å². The summed E-state index contributed by atoms with van der Waals surface area (Å²) in [6.07, 6.45) is 0. The topological polar surface area (TPSA) is 102 Å². The second-order valence-corrected chi connectivity index (χ2v) is 8.00. The largest absolute Gasteiger partial charge is 0.460 e. The number of hydrogen-bond acceptors (Lipinski definition) is 5. The van der Waals surface area contributed by atoms with Gasteiger partial charge in [-0.05, 0) is 42.0 Å². The number of halogens is 1. The van der Waals surface area contributed by atoms with Crippen molar-refractivity contribution in [1.29, 1.82) is 0 Å². The number of carbonyl (C=O) groups is 2. The highest BCUT2D eigenvalue weighted by atomic mass is 79.9. The first-order chi connectivity index (χ1) is 12.3. The van der Waals surface area contributed by atoms with Crippen LogP contribution in [-0.2, 0) is 31.0 Å². The highest BCUT2D eigenvalue weighted by Gasteiger charge is 2.16. The van der Waals surface area contributed by atoms with Crippen molar-refractivity contribution in [2.45, 2.75) is 18.4 Å². The molecular formula is C17H17BrN2O5S. The Morgan fingerprint density at radius 2 is 1.65 bits per heavy atom. The number of benzene rings is 2. The summed E-state index contributed by atoms with van der Waals surface area (Å²) in [5.41, 5.74) is 1.27. The summed E-state index contributed by atoms with van der Waals surface area (Å²) in [6.45, 7) is 0.928. The Balaban J connectivity index is 1.87. The Bertz CT molecular complexity index is 880. The van der Waals surface area contributed by atoms with Gasteiger partial charge in [0.1, 0.15) is 13.2 Å². The van der Waals surface area contributed by atoms with Gasteiger partial charge in [-0.15, -0.1) is 0 Å². The van der Waals surface area contributed by atoms with Gasteiger partial charge in [-0.25, -0.2) is 8.42 Å². The average molecular weight is 441 g/mol. The predicted molar refractivity (Wildman–Crippen MR) is 99.9 cm³/mol. The van der Waals surface area contributed by atoms with E-state index >= 15 is 0 Å². The molecule has 0 saturated heterocycles. The molecule has 26 heavy (non-hydrogen) atoms. The first-order valence-electron chi connectivity index (χ1n) is 7.54. The van der Waals surface area contributed by atoms with Gasteiger partial charge in [0.15, 0.2) is 0 Å². The minimum absolute atomic E-state index is 0.0210. The lowest BCUT2D eigenvalue weighted by molar-refractivity contribution is -0.143. The Labute approximate surface area is 159 Å². The molecule has 0 aliphatic heterocycles. The van der Waals surface area contributed by atoms with Crippen molar-refractivity contribution in [3.05, 3.63) is 58.6 Å². The zero-order chi connectivity index (χ0) is 19.2. The van der Waals surface area contributed by atoms with E-state index in [0.29, 0.717) is 5.69 Å². The minimum Gasteiger partial charge on any atom is -0.460 e. The van der Waals surface area contributed by atoms with E-state index in [1.807, 2.05) is 12.1 Å². The quantitative estimate of drug-likeness (QED) is 0.643. The molecule has 0 radical (unpaired) electrons. The van der Waals surface area contributed by atoms with Crippen molar-refractivity contribution in [3.63, 3.8) is 0 Å². The molecule has 0 fully saturated rings. The lowest BCUT2D eigenvalue weighted by atomic mass is 10.2. The van der Waals surface area contributed by atoms with E-state index in [4.69, 9.17) is 4.74 Å². The van der Waals surface area contributed by atoms with E-state index in [-0.39, 0.29) is 17.4 Å². The van der Waals surface area contributed by atoms with Gasteiger partial charge in [-0.1, -0.05) is 28.1 Å². The molecule has 138 valence electrons. The van der Waals surface area contributed by atoms with Crippen LogP contribution in [-0.4, -0.2) is 26.8 Å². The van der Waals surface area contributed by atoms with Gasteiger partial charge < -0.3 is 10.1 Å². The van der Waals surface area contributed by atoms with Crippen molar-refractivity contribution >= 4 is 43.5 Å². The van der Waals surface area contributed by atoms with Gasteiger partial charge in [0.05, 0.1) is 4.90 Å². The fourth-order valence-electron chi connectivity index (χ4n) is 1.95. The number of esters is 1. The molecule has 9 heteroatoms. The first-order valence-corrected chi connectivity index (χ1v) is 9.81. The number of carbonyl (C=O) groups excluding carboxylic acids is 2. The molecule has 2 N–H and O–H groups in total. The van der Waals surface area contributed by atoms with Gasteiger partial charge >= 0.3 is 5.97 Å². The molecule has 0 unspecified atom stereocenters. The molecular weight excluding hydrogens is 424 g/mol. The number of hydrogen-bond donors (Lipinski definition) is 2. The molecule has 0 bridgehead atoms. The summed E-state index contributed by atoms with van der Waals surface area (Å²) >= 11 is 3.31. The predicted octanol–water partition coefficient (Wildman–Crippen LogP) is 2.43. The van der Waals surface area contributed by atoms with Crippen LogP contribution in [0.2, 0.25) is 0 Å². The SMILES string of the molecule is CC(=O)Nc1ccc(S(=O)(=O)NCC(=O)OCc2ccc(Br)cc2)cc1. The molecule has 7 nitrogen and oxygen atoms in total. The number of sulfonamides is 1. The van der Waals surface area contributed by atoms with E-state index in [2.05, 4.69) is 26.0 Å². The van der Waals surface area contributed by atoms with E-state index in [1.54, 1.807) is 12.1 Å². The van der Waals surface area contributed by atoms with Crippen LogP contribution < -0.4 is 10.0 Å². The molecule has 0 aliphatic rings. The Hall–Kier alpha value is -2.23. The third-order valence-electron chi connectivity index (χ3n) is 3.20. The number of rotatable bonds is 7. The summed E-state index contributed by atoms with van der Waals surface area (Å²) in [5.74, 6) is -0.946. The Morgan fingerprint density at radius 1 is 1.04 bits per heavy atom. The van der Waals surface area contributed by atoms with E-state index < -0.39 is 22.5 Å². The molecule has 0 aliphatic carbocycles. The molecule has 0 atom stereocenters. The maximum absolute atomic E-state index is 12.2. The van der Waals surface area contributed by atoms with Crippen molar-refractivity contribution in [1.82, 2.24) is 4.72 Å². The zero-order valence-corrected chi connectivity index (χ0v) is 16.3. The van der Waals surface area contributed by atoms with Crippen molar-refractivity contribution in [3.8, 4) is 0 Å². The van der Waals surface area contributed by atoms with Crippen LogP contribution in [0.25, 0.3) is 0 Å². The number of ether oxygens (including phenoxy) is 1. The van der Waals surface area contributed by atoms with Gasteiger partial charge in [-0.3, -0.25) is 9.59 Å². The van der Waals surface area contributed by atoms with Crippen LogP contribution in [0.4, 0.5) is 5.69 Å². The molecule has 0 saturated carbocycles. The third-order valence-corrected chi connectivity index (χ3v) is 5.15. The van der Waals surface area contributed by atoms with Crippen LogP contribution in [0, 0.1) is 0 Å². The normalized spacial score (nSPS) is 11.0. The summed E-state index contributed by atoms with van der Waals surface area (Å²) in [5, 5.41) is 2.54. The van der Waals surface area contributed by atoms with Gasteiger partial charge in [0.25, 0.3) is 0 Å². The van der Waals surface area contributed by atoms with Crippen LogP contribution in [0.15, 0.2) is 57.9 Å². The lowest BCUT2D eigenvalue weighted by Crippen LogP contribution is -2.30. The summed E-state index contributed by atoms with van der Waals surface area (Å²) in [4.78, 5) is 22.7. The Morgan fingerprint density at radius 3 is 2.23 bits per heavy atom. The highest BCUT2D eigenvalue weighted by Crippen LogP contribution is 2.14. The van der Waals surface area contributed by atoms with Crippen molar-refractivity contribution < 1.29 is 22.7 Å². The molecule has 0 spiro atoms. The van der Waals surface area contributed by atoms with E-state index in [0.717, 1.165) is 10.0 Å². The zero-order valence-electron chi connectivity index (χ0n) is 13.9. The van der Waals surface area contributed by atoms with E-state index in [1.165, 1.54) is 31.2 Å². The maximum Gasteiger partial charge on any atom is 0.321 e. The van der Waals surface area contributed by atoms with Gasteiger partial charge in [0, 0.05) is 17.1 Å². The van der Waals surface area contributed by atoms with Crippen LogP contribution in [0.1, 0.15) is 12.5 Å². The van der Waals surface area contributed by atoms with Gasteiger partial charge in [0.2, 0.25) is 15.9 Å². The van der Waals surface area contributed by atoms with Crippen molar-refractivity contribution in [2.24, 2.45) is 0 Å². The standard InChI is InChI=1S/C17H17BrN2O5S/c1-12(21)20-15-6-8-16(9-7-15)26(23,24)19-10-17(22)25-11-13-2-4-14(18)5-3-13/h2-9,19H,10-11H2,1H3,(H,20,21). The smallest absolute Gasteiger partial charge is 0.321 e. The minimum atomic E-state index is -3.86. The molecule has 0 heterocycles. The first kappa shape index (κ1) is 20.1. The molecule has 2 aromatic rings. The van der Waals surface area contributed by atoms with Crippen LogP contribution in [0.5, 0.6) is 0 Å². The Kier molecular flexibility index (Phi) is 6.90. The summed E-state index contributed by atoms with van der Waals surface area (Å²) in [7, 11) is -3.86. The molecule has 2 aromatic carbocycles. The van der Waals surface area contributed by atoms with E-state index in [9.17, 15) is 18.0 Å². The lowest BCUT2D eigenvalue weighted by Gasteiger charge is -2.08. The number of amides is 1. The molecule has 2 rings (SSSR count). The number of nitrogens with one attached hydrogen (secondary N) is 2. The highest BCUT2D eigenvalue weighted by molar-refractivity contribution is 9.10. The maximum atomic E-state index is 12.2. The average Bonchev–Trinajstić information content (AvgIpc) is 2.59. The summed E-state index contributed by atoms with van der Waals surface area (Å²) < 4.78 is 32.5. The third kappa shape index (κ3) is 6.25. The molecule has 1 amide bonds. The van der Waals surface area contributed by atoms with Crippen LogP contribution >= 0.6 is 15.9 Å². The summed E-state index contributed by atoms with van der Waals surface area (Å²) in [6, 6.07) is 12.8.